The van der Waals surface area contributed by atoms with Crippen LogP contribution in [0.2, 0.25) is 0 Å². The first-order chi connectivity index (χ1) is 10.0. The minimum absolute atomic E-state index is 0.173. The Morgan fingerprint density at radius 3 is 2.76 bits per heavy atom. The molecule has 3 nitrogen and oxygen atoms in total. The quantitative estimate of drug-likeness (QED) is 0.910. The number of piperidine rings is 1. The van der Waals surface area contributed by atoms with Crippen molar-refractivity contribution < 1.29 is 4.79 Å². The van der Waals surface area contributed by atoms with Gasteiger partial charge in [0.25, 0.3) is 5.91 Å². The van der Waals surface area contributed by atoms with E-state index in [1.54, 1.807) is 0 Å². The topological polar surface area (TPSA) is 32.3 Å². The number of carbonyl (C=O) groups is 1. The van der Waals surface area contributed by atoms with E-state index in [1.165, 1.54) is 5.56 Å². The Bertz CT molecular complexity index is 498. The van der Waals surface area contributed by atoms with E-state index >= 15 is 0 Å². The van der Waals surface area contributed by atoms with Gasteiger partial charge in [0.05, 0.1) is 5.56 Å². The highest BCUT2D eigenvalue weighted by Gasteiger charge is 2.27. The molecule has 1 aromatic rings. The lowest BCUT2D eigenvalue weighted by molar-refractivity contribution is 0.0628. The van der Waals surface area contributed by atoms with Crippen molar-refractivity contribution in [1.29, 1.82) is 0 Å². The van der Waals surface area contributed by atoms with Crippen LogP contribution in [-0.4, -0.2) is 30.4 Å². The number of likely N-dealkylation sites (tertiary alicyclic amines) is 1. The predicted molar refractivity (Wildman–Crippen MR) is 88.8 cm³/mol. The molecule has 1 fully saturated rings. The van der Waals surface area contributed by atoms with E-state index in [1.807, 2.05) is 17.0 Å². The third kappa shape index (κ3) is 3.78. The molecule has 2 unspecified atom stereocenters. The molecular weight excluding hydrogens is 260 g/mol. The van der Waals surface area contributed by atoms with E-state index < -0.39 is 0 Å². The summed E-state index contributed by atoms with van der Waals surface area (Å²) in [4.78, 5) is 14.9. The van der Waals surface area contributed by atoms with Gasteiger partial charge in [-0.15, -0.1) is 0 Å². The SMILES string of the molecule is CCCNc1cc(C)ccc1C(=O)N1CCC(C)C(C)C1. The van der Waals surface area contributed by atoms with Crippen LogP contribution in [0.4, 0.5) is 5.69 Å². The van der Waals surface area contributed by atoms with E-state index in [-0.39, 0.29) is 5.91 Å². The van der Waals surface area contributed by atoms with Crippen LogP contribution in [0.5, 0.6) is 0 Å². The Morgan fingerprint density at radius 1 is 1.33 bits per heavy atom. The molecule has 1 N–H and O–H groups in total. The average molecular weight is 288 g/mol. The number of rotatable bonds is 4. The molecule has 0 spiro atoms. The van der Waals surface area contributed by atoms with E-state index in [0.29, 0.717) is 11.8 Å². The average Bonchev–Trinajstić information content (AvgIpc) is 2.47. The largest absolute Gasteiger partial charge is 0.384 e. The number of nitrogens with one attached hydrogen (secondary N) is 1. The Labute approximate surface area is 128 Å². The number of hydrogen-bond donors (Lipinski definition) is 1. The van der Waals surface area contributed by atoms with Crippen molar-refractivity contribution >= 4 is 11.6 Å². The van der Waals surface area contributed by atoms with Crippen molar-refractivity contribution in [3.05, 3.63) is 29.3 Å². The summed E-state index contributed by atoms with van der Waals surface area (Å²) in [5, 5.41) is 3.40. The standard InChI is InChI=1S/C18H28N2O/c1-5-9-19-17-11-13(2)6-7-16(17)18(21)20-10-8-14(3)15(4)12-20/h6-7,11,14-15,19H,5,8-10,12H2,1-4H3. The highest BCUT2D eigenvalue weighted by Crippen LogP contribution is 2.26. The minimum atomic E-state index is 0.173. The summed E-state index contributed by atoms with van der Waals surface area (Å²) in [6, 6.07) is 6.08. The normalized spacial score (nSPS) is 22.2. The summed E-state index contributed by atoms with van der Waals surface area (Å²) in [7, 11) is 0. The summed E-state index contributed by atoms with van der Waals surface area (Å²) < 4.78 is 0. The van der Waals surface area contributed by atoms with Gasteiger partial charge in [-0.3, -0.25) is 4.79 Å². The zero-order valence-corrected chi connectivity index (χ0v) is 13.8. The Hall–Kier alpha value is -1.51. The van der Waals surface area contributed by atoms with Crippen molar-refractivity contribution in [2.75, 3.05) is 25.0 Å². The zero-order valence-electron chi connectivity index (χ0n) is 13.8. The fourth-order valence-electron chi connectivity index (χ4n) is 2.87. The summed E-state index contributed by atoms with van der Waals surface area (Å²) in [6.07, 6.45) is 2.16. The van der Waals surface area contributed by atoms with Crippen LogP contribution in [-0.2, 0) is 0 Å². The summed E-state index contributed by atoms with van der Waals surface area (Å²) in [6.45, 7) is 11.4. The molecule has 1 amide bonds. The molecule has 0 bridgehead atoms. The fourth-order valence-corrected chi connectivity index (χ4v) is 2.87. The fraction of sp³-hybridized carbons (Fsp3) is 0.611. The Kier molecular flexibility index (Phi) is 5.27. The van der Waals surface area contributed by atoms with Gasteiger partial charge in [0.1, 0.15) is 0 Å². The Balaban J connectivity index is 2.18. The predicted octanol–water partition coefficient (Wildman–Crippen LogP) is 3.94. The first-order valence-corrected chi connectivity index (χ1v) is 8.16. The molecule has 1 aromatic carbocycles. The van der Waals surface area contributed by atoms with Gasteiger partial charge >= 0.3 is 0 Å². The molecule has 21 heavy (non-hydrogen) atoms. The molecule has 116 valence electrons. The van der Waals surface area contributed by atoms with Crippen molar-refractivity contribution in [2.24, 2.45) is 11.8 Å². The maximum atomic E-state index is 12.8. The van der Waals surface area contributed by atoms with Crippen molar-refractivity contribution in [3.63, 3.8) is 0 Å². The van der Waals surface area contributed by atoms with E-state index in [4.69, 9.17) is 0 Å². The van der Waals surface area contributed by atoms with Crippen molar-refractivity contribution in [3.8, 4) is 0 Å². The number of aryl methyl sites for hydroxylation is 1. The van der Waals surface area contributed by atoms with Crippen LogP contribution in [0.3, 0.4) is 0 Å². The van der Waals surface area contributed by atoms with Gasteiger partial charge in [-0.1, -0.05) is 26.8 Å². The van der Waals surface area contributed by atoms with Crippen LogP contribution in [0, 0.1) is 18.8 Å². The second-order valence-electron chi connectivity index (χ2n) is 6.47. The third-order valence-corrected chi connectivity index (χ3v) is 4.59. The molecule has 0 aromatic heterocycles. The van der Waals surface area contributed by atoms with Gasteiger partial charge < -0.3 is 10.2 Å². The lowest BCUT2D eigenvalue weighted by Gasteiger charge is -2.35. The monoisotopic (exact) mass is 288 g/mol. The molecule has 3 heteroatoms. The second-order valence-corrected chi connectivity index (χ2v) is 6.47. The minimum Gasteiger partial charge on any atom is -0.384 e. The molecule has 2 rings (SSSR count). The molecule has 0 saturated carbocycles. The lowest BCUT2D eigenvalue weighted by atomic mass is 9.88. The van der Waals surface area contributed by atoms with Gasteiger partial charge in [-0.25, -0.2) is 0 Å². The van der Waals surface area contributed by atoms with Gasteiger partial charge in [0.15, 0.2) is 0 Å². The zero-order chi connectivity index (χ0) is 15.4. The van der Waals surface area contributed by atoms with E-state index in [9.17, 15) is 4.79 Å². The van der Waals surface area contributed by atoms with E-state index in [0.717, 1.165) is 43.7 Å². The van der Waals surface area contributed by atoms with Gasteiger partial charge in [0, 0.05) is 25.3 Å². The number of hydrogen-bond acceptors (Lipinski definition) is 2. The van der Waals surface area contributed by atoms with Crippen LogP contribution >= 0.6 is 0 Å². The summed E-state index contributed by atoms with van der Waals surface area (Å²) >= 11 is 0. The summed E-state index contributed by atoms with van der Waals surface area (Å²) in [5.41, 5.74) is 2.98. The highest BCUT2D eigenvalue weighted by molar-refractivity contribution is 5.99. The second kappa shape index (κ2) is 6.97. The molecule has 2 atom stereocenters. The van der Waals surface area contributed by atoms with Gasteiger partial charge in [-0.2, -0.15) is 0 Å². The Morgan fingerprint density at radius 2 is 2.10 bits per heavy atom. The van der Waals surface area contributed by atoms with Crippen LogP contribution in [0.25, 0.3) is 0 Å². The van der Waals surface area contributed by atoms with Crippen LogP contribution < -0.4 is 5.32 Å². The highest BCUT2D eigenvalue weighted by atomic mass is 16.2. The van der Waals surface area contributed by atoms with Gasteiger partial charge in [-0.05, 0) is 49.3 Å². The number of benzene rings is 1. The molecule has 0 radical (unpaired) electrons. The molecular formula is C18H28N2O. The number of amides is 1. The first-order valence-electron chi connectivity index (χ1n) is 8.16. The van der Waals surface area contributed by atoms with Crippen LogP contribution in [0.1, 0.15) is 49.5 Å². The third-order valence-electron chi connectivity index (χ3n) is 4.59. The first kappa shape index (κ1) is 15.9. The maximum Gasteiger partial charge on any atom is 0.255 e. The summed E-state index contributed by atoms with van der Waals surface area (Å²) in [5.74, 6) is 1.47. The number of nitrogens with zero attached hydrogens (tertiary/aromatic N) is 1. The molecule has 1 saturated heterocycles. The number of anilines is 1. The van der Waals surface area contributed by atoms with Gasteiger partial charge in [0.2, 0.25) is 0 Å². The maximum absolute atomic E-state index is 12.8. The van der Waals surface area contributed by atoms with Crippen LogP contribution in [0.15, 0.2) is 18.2 Å². The van der Waals surface area contributed by atoms with Crippen molar-refractivity contribution in [1.82, 2.24) is 4.90 Å². The lowest BCUT2D eigenvalue weighted by Crippen LogP contribution is -2.42. The smallest absolute Gasteiger partial charge is 0.255 e. The molecule has 0 aliphatic carbocycles. The number of carbonyl (C=O) groups excluding carboxylic acids is 1. The van der Waals surface area contributed by atoms with E-state index in [2.05, 4.69) is 39.1 Å². The molecule has 1 heterocycles. The molecule has 1 aliphatic rings. The molecule has 1 aliphatic heterocycles. The van der Waals surface area contributed by atoms with Crippen molar-refractivity contribution in [2.45, 2.75) is 40.5 Å².